The molecular weight excluding hydrogens is 313 g/mol. The third-order valence-corrected chi connectivity index (χ3v) is 4.84. The van der Waals surface area contributed by atoms with Crippen molar-refractivity contribution in [1.82, 2.24) is 0 Å². The van der Waals surface area contributed by atoms with Crippen molar-refractivity contribution in [2.75, 3.05) is 11.5 Å². The smallest absolute Gasteiger partial charge is 0.123 e. The Morgan fingerprint density at radius 1 is 1.15 bits per heavy atom. The summed E-state index contributed by atoms with van der Waals surface area (Å²) in [7, 11) is 0. The summed E-state index contributed by atoms with van der Waals surface area (Å²) in [4.78, 5) is 0.995. The zero-order valence-electron chi connectivity index (χ0n) is 10.6. The minimum Gasteiger partial charge on any atom is -0.489 e. The number of thioether (sulfide) groups is 1. The third kappa shape index (κ3) is 3.00. The van der Waals surface area contributed by atoms with E-state index in [1.165, 1.54) is 5.56 Å². The van der Waals surface area contributed by atoms with Gasteiger partial charge < -0.3 is 10.5 Å². The van der Waals surface area contributed by atoms with Crippen LogP contribution in [0.1, 0.15) is 5.56 Å². The van der Waals surface area contributed by atoms with Crippen molar-refractivity contribution in [1.29, 1.82) is 0 Å². The van der Waals surface area contributed by atoms with E-state index in [0.717, 1.165) is 33.5 Å². The van der Waals surface area contributed by atoms with E-state index in [0.29, 0.717) is 5.02 Å². The van der Waals surface area contributed by atoms with Gasteiger partial charge in [0.05, 0.1) is 0 Å². The lowest BCUT2D eigenvalue weighted by Crippen LogP contribution is -2.15. The van der Waals surface area contributed by atoms with E-state index in [9.17, 15) is 0 Å². The van der Waals surface area contributed by atoms with Gasteiger partial charge in [0, 0.05) is 32.8 Å². The number of anilines is 1. The molecule has 0 fully saturated rings. The highest BCUT2D eigenvalue weighted by molar-refractivity contribution is 7.99. The molecule has 3 rings (SSSR count). The standard InChI is InChI=1S/C15H13Cl2NOS/c16-10-2-4-14-9(5-10)6-12(19-14)8-20-15-7-11(17)1-3-13(15)18/h1-5,7,12H,6,8,18H2. The highest BCUT2D eigenvalue weighted by atomic mass is 35.5. The van der Waals surface area contributed by atoms with Crippen LogP contribution in [0.4, 0.5) is 5.69 Å². The molecule has 1 unspecified atom stereocenters. The van der Waals surface area contributed by atoms with Crippen LogP contribution in [0.5, 0.6) is 5.75 Å². The quantitative estimate of drug-likeness (QED) is 0.657. The molecule has 20 heavy (non-hydrogen) atoms. The Bertz CT molecular complexity index is 648. The number of rotatable bonds is 3. The summed E-state index contributed by atoms with van der Waals surface area (Å²) >= 11 is 13.6. The van der Waals surface area contributed by atoms with Gasteiger partial charge in [-0.2, -0.15) is 0 Å². The minimum atomic E-state index is 0.145. The van der Waals surface area contributed by atoms with E-state index in [1.807, 2.05) is 30.3 Å². The second kappa shape index (κ2) is 5.76. The highest BCUT2D eigenvalue weighted by Crippen LogP contribution is 2.35. The van der Waals surface area contributed by atoms with Crippen molar-refractivity contribution in [3.8, 4) is 5.75 Å². The first-order valence-electron chi connectivity index (χ1n) is 6.25. The normalized spacial score (nSPS) is 16.8. The molecule has 0 aliphatic carbocycles. The van der Waals surface area contributed by atoms with Crippen LogP contribution in [0.25, 0.3) is 0 Å². The molecule has 1 aliphatic heterocycles. The largest absolute Gasteiger partial charge is 0.489 e. The number of halogens is 2. The molecular formula is C15H13Cl2NOS. The summed E-state index contributed by atoms with van der Waals surface area (Å²) in [6.45, 7) is 0. The zero-order chi connectivity index (χ0) is 14.1. The van der Waals surface area contributed by atoms with Gasteiger partial charge in [-0.3, -0.25) is 0 Å². The van der Waals surface area contributed by atoms with Gasteiger partial charge in [-0.05, 0) is 42.0 Å². The molecule has 104 valence electrons. The maximum atomic E-state index is 5.99. The molecule has 1 heterocycles. The van der Waals surface area contributed by atoms with Crippen LogP contribution in [0.3, 0.4) is 0 Å². The Hall–Kier alpha value is -1.03. The lowest BCUT2D eigenvalue weighted by Gasteiger charge is -2.11. The molecule has 0 amide bonds. The fraction of sp³-hybridized carbons (Fsp3) is 0.200. The molecule has 2 nitrogen and oxygen atoms in total. The van der Waals surface area contributed by atoms with E-state index in [4.69, 9.17) is 33.7 Å². The first-order valence-corrected chi connectivity index (χ1v) is 7.99. The van der Waals surface area contributed by atoms with Gasteiger partial charge in [0.2, 0.25) is 0 Å². The summed E-state index contributed by atoms with van der Waals surface area (Å²) in [5, 5.41) is 1.45. The number of fused-ring (bicyclic) bond motifs is 1. The van der Waals surface area contributed by atoms with Gasteiger partial charge in [0.1, 0.15) is 11.9 Å². The molecule has 5 heteroatoms. The summed E-state index contributed by atoms with van der Waals surface area (Å²) < 4.78 is 5.90. The van der Waals surface area contributed by atoms with E-state index in [-0.39, 0.29) is 6.10 Å². The topological polar surface area (TPSA) is 35.2 Å². The minimum absolute atomic E-state index is 0.145. The van der Waals surface area contributed by atoms with Gasteiger partial charge in [0.25, 0.3) is 0 Å². The fourth-order valence-corrected chi connectivity index (χ4v) is 3.63. The average Bonchev–Trinajstić information content (AvgIpc) is 2.81. The molecule has 1 atom stereocenters. The number of ether oxygens (including phenoxy) is 1. The number of benzene rings is 2. The number of nitrogens with two attached hydrogens (primary N) is 1. The van der Waals surface area contributed by atoms with Crippen molar-refractivity contribution in [3.05, 3.63) is 52.0 Å². The number of nitrogen functional groups attached to an aromatic ring is 1. The maximum absolute atomic E-state index is 5.99. The lowest BCUT2D eigenvalue weighted by molar-refractivity contribution is 0.259. The SMILES string of the molecule is Nc1ccc(Cl)cc1SCC1Cc2cc(Cl)ccc2O1. The van der Waals surface area contributed by atoms with E-state index >= 15 is 0 Å². The van der Waals surface area contributed by atoms with Crippen molar-refractivity contribution >= 4 is 40.7 Å². The Balaban J connectivity index is 1.65. The van der Waals surface area contributed by atoms with Gasteiger partial charge in [-0.1, -0.05) is 23.2 Å². The predicted octanol–water partition coefficient (Wildman–Crippen LogP) is 4.67. The summed E-state index contributed by atoms with van der Waals surface area (Å²) in [5.74, 6) is 1.76. The second-order valence-corrected chi connectivity index (χ2v) is 6.62. The van der Waals surface area contributed by atoms with Crippen molar-refractivity contribution in [2.24, 2.45) is 0 Å². The molecule has 0 saturated carbocycles. The van der Waals surface area contributed by atoms with Gasteiger partial charge in [0.15, 0.2) is 0 Å². The molecule has 0 aromatic heterocycles. The summed E-state index contributed by atoms with van der Waals surface area (Å²) in [6, 6.07) is 11.3. The number of hydrogen-bond acceptors (Lipinski definition) is 3. The van der Waals surface area contributed by atoms with Crippen LogP contribution in [0.15, 0.2) is 41.3 Å². The Kier molecular flexibility index (Phi) is 4.01. The van der Waals surface area contributed by atoms with Gasteiger partial charge in [-0.15, -0.1) is 11.8 Å². The van der Waals surface area contributed by atoms with Crippen LogP contribution in [0, 0.1) is 0 Å². The van der Waals surface area contributed by atoms with Crippen LogP contribution < -0.4 is 10.5 Å². The first-order chi connectivity index (χ1) is 9.61. The molecule has 0 bridgehead atoms. The predicted molar refractivity (Wildman–Crippen MR) is 86.2 cm³/mol. The van der Waals surface area contributed by atoms with Gasteiger partial charge in [-0.25, -0.2) is 0 Å². The fourth-order valence-electron chi connectivity index (χ4n) is 2.20. The maximum Gasteiger partial charge on any atom is 0.123 e. The molecule has 0 radical (unpaired) electrons. The second-order valence-electron chi connectivity index (χ2n) is 4.69. The lowest BCUT2D eigenvalue weighted by atomic mass is 10.1. The summed E-state index contributed by atoms with van der Waals surface area (Å²) in [6.07, 6.45) is 1.02. The van der Waals surface area contributed by atoms with Gasteiger partial charge >= 0.3 is 0 Å². The Morgan fingerprint density at radius 2 is 1.90 bits per heavy atom. The van der Waals surface area contributed by atoms with E-state index < -0.39 is 0 Å². The molecule has 0 saturated heterocycles. The molecule has 0 spiro atoms. The Morgan fingerprint density at radius 3 is 2.75 bits per heavy atom. The molecule has 2 N–H and O–H groups in total. The van der Waals surface area contributed by atoms with Crippen LogP contribution >= 0.6 is 35.0 Å². The van der Waals surface area contributed by atoms with Crippen molar-refractivity contribution < 1.29 is 4.74 Å². The Labute approximate surface area is 132 Å². The van der Waals surface area contributed by atoms with E-state index in [2.05, 4.69) is 0 Å². The number of hydrogen-bond donors (Lipinski definition) is 1. The van der Waals surface area contributed by atoms with E-state index in [1.54, 1.807) is 17.8 Å². The third-order valence-electron chi connectivity index (χ3n) is 3.16. The van der Waals surface area contributed by atoms with Crippen LogP contribution in [-0.2, 0) is 6.42 Å². The average molecular weight is 326 g/mol. The van der Waals surface area contributed by atoms with Crippen molar-refractivity contribution in [3.63, 3.8) is 0 Å². The molecule has 2 aromatic carbocycles. The monoisotopic (exact) mass is 325 g/mol. The van der Waals surface area contributed by atoms with Crippen LogP contribution in [-0.4, -0.2) is 11.9 Å². The first kappa shape index (κ1) is 13.9. The molecule has 2 aromatic rings. The highest BCUT2D eigenvalue weighted by Gasteiger charge is 2.23. The van der Waals surface area contributed by atoms with Crippen LogP contribution in [0.2, 0.25) is 10.0 Å². The zero-order valence-corrected chi connectivity index (χ0v) is 12.9. The summed E-state index contributed by atoms with van der Waals surface area (Å²) in [5.41, 5.74) is 7.86. The molecule has 1 aliphatic rings. The van der Waals surface area contributed by atoms with Crippen molar-refractivity contribution in [2.45, 2.75) is 17.4 Å².